The van der Waals surface area contributed by atoms with Crippen LogP contribution in [0.2, 0.25) is 0 Å². The van der Waals surface area contributed by atoms with Crippen molar-refractivity contribution in [3.05, 3.63) is 11.8 Å². The molecule has 3 heterocycles. The Morgan fingerprint density at radius 3 is 2.59 bits per heavy atom. The Balaban J connectivity index is 1.40. The van der Waals surface area contributed by atoms with Crippen molar-refractivity contribution in [2.24, 2.45) is 12.5 Å². The number of nitrogens with zero attached hydrogens (tertiary/aromatic N) is 4. The summed E-state index contributed by atoms with van der Waals surface area (Å²) >= 11 is 0. The number of aryl methyl sites for hydroxylation is 2. The molecule has 0 N–H and O–H groups in total. The van der Waals surface area contributed by atoms with E-state index in [1.165, 1.54) is 23.9 Å². The van der Waals surface area contributed by atoms with Crippen molar-refractivity contribution in [1.29, 1.82) is 0 Å². The third kappa shape index (κ3) is 3.69. The summed E-state index contributed by atoms with van der Waals surface area (Å²) in [4.78, 5) is 2.60. The van der Waals surface area contributed by atoms with Gasteiger partial charge in [-0.1, -0.05) is 0 Å². The highest BCUT2D eigenvalue weighted by Crippen LogP contribution is 2.48. The number of sulfonamides is 1. The number of rotatable bonds is 3. The molecule has 7 nitrogen and oxygen atoms in total. The van der Waals surface area contributed by atoms with E-state index in [1.54, 1.807) is 17.4 Å². The van der Waals surface area contributed by atoms with Crippen LogP contribution in [0.5, 0.6) is 0 Å². The summed E-state index contributed by atoms with van der Waals surface area (Å²) in [5.41, 5.74) is 1.06. The van der Waals surface area contributed by atoms with Gasteiger partial charge in [-0.2, -0.15) is 9.40 Å². The number of hydrogen-bond donors (Lipinski definition) is 0. The van der Waals surface area contributed by atoms with E-state index in [-0.39, 0.29) is 0 Å². The number of ether oxygens (including phenoxy) is 1. The van der Waals surface area contributed by atoms with Gasteiger partial charge in [0.05, 0.1) is 18.4 Å². The minimum Gasteiger partial charge on any atom is -0.376 e. The SMILES string of the molecule is Cc1cc(S(=O)(=O)N2CCC3(CCC(N4CCO[C@H](C)C4)C3)CC2)n(C)n1. The van der Waals surface area contributed by atoms with Gasteiger partial charge < -0.3 is 4.74 Å². The van der Waals surface area contributed by atoms with Crippen LogP contribution in [0.25, 0.3) is 0 Å². The maximum Gasteiger partial charge on any atom is 0.260 e. The van der Waals surface area contributed by atoms with Gasteiger partial charge in [0.15, 0.2) is 5.03 Å². The Hall–Kier alpha value is -0.960. The van der Waals surface area contributed by atoms with Crippen LogP contribution in [0.15, 0.2) is 11.1 Å². The smallest absolute Gasteiger partial charge is 0.260 e. The first-order valence-electron chi connectivity index (χ1n) is 10.2. The summed E-state index contributed by atoms with van der Waals surface area (Å²) in [6.45, 7) is 8.13. The van der Waals surface area contributed by atoms with Crippen molar-refractivity contribution in [2.45, 2.75) is 63.1 Å². The molecule has 1 aliphatic carbocycles. The Morgan fingerprint density at radius 2 is 1.96 bits per heavy atom. The largest absolute Gasteiger partial charge is 0.376 e. The molecule has 0 amide bonds. The summed E-state index contributed by atoms with van der Waals surface area (Å²) in [7, 11) is -1.75. The Labute approximate surface area is 162 Å². The van der Waals surface area contributed by atoms with Crippen LogP contribution in [-0.4, -0.2) is 72.3 Å². The van der Waals surface area contributed by atoms with Gasteiger partial charge in [0.25, 0.3) is 10.0 Å². The molecule has 1 saturated carbocycles. The van der Waals surface area contributed by atoms with Crippen LogP contribution in [0.3, 0.4) is 0 Å². The van der Waals surface area contributed by atoms with Gasteiger partial charge in [0, 0.05) is 39.3 Å². The molecule has 1 unspecified atom stereocenters. The van der Waals surface area contributed by atoms with Crippen molar-refractivity contribution in [2.75, 3.05) is 32.8 Å². The van der Waals surface area contributed by atoms with E-state index >= 15 is 0 Å². The molecular formula is C19H32N4O3S. The molecule has 3 aliphatic rings. The zero-order valence-corrected chi connectivity index (χ0v) is 17.5. The van der Waals surface area contributed by atoms with Crippen LogP contribution in [0.1, 0.15) is 44.7 Å². The van der Waals surface area contributed by atoms with Crippen LogP contribution >= 0.6 is 0 Å². The summed E-state index contributed by atoms with van der Waals surface area (Å²) in [6.07, 6.45) is 5.93. The van der Waals surface area contributed by atoms with Crippen LogP contribution < -0.4 is 0 Å². The van der Waals surface area contributed by atoms with Gasteiger partial charge in [-0.25, -0.2) is 8.42 Å². The Bertz CT molecular complexity index is 783. The maximum atomic E-state index is 13.0. The summed E-state index contributed by atoms with van der Waals surface area (Å²) in [5.74, 6) is 0. The van der Waals surface area contributed by atoms with Gasteiger partial charge in [-0.05, 0) is 57.4 Å². The van der Waals surface area contributed by atoms with E-state index in [4.69, 9.17) is 4.74 Å². The molecular weight excluding hydrogens is 364 g/mol. The first kappa shape index (κ1) is 19.4. The molecule has 2 aliphatic heterocycles. The van der Waals surface area contributed by atoms with E-state index in [1.807, 2.05) is 6.92 Å². The molecule has 0 bridgehead atoms. The second-order valence-electron chi connectivity index (χ2n) is 8.72. The fraction of sp³-hybridized carbons (Fsp3) is 0.842. The quantitative estimate of drug-likeness (QED) is 0.779. The lowest BCUT2D eigenvalue weighted by molar-refractivity contribution is -0.0353. The third-order valence-corrected chi connectivity index (χ3v) is 8.77. The van der Waals surface area contributed by atoms with Crippen molar-refractivity contribution in [1.82, 2.24) is 19.0 Å². The molecule has 1 aromatic rings. The molecule has 1 spiro atoms. The van der Waals surface area contributed by atoms with Gasteiger partial charge >= 0.3 is 0 Å². The van der Waals surface area contributed by atoms with Gasteiger partial charge in [0.1, 0.15) is 0 Å². The summed E-state index contributed by atoms with van der Waals surface area (Å²) in [5, 5.41) is 4.51. The second kappa shape index (κ2) is 7.13. The minimum absolute atomic E-state index is 0.308. The minimum atomic E-state index is -3.45. The Kier molecular flexibility index (Phi) is 5.12. The fourth-order valence-electron chi connectivity index (χ4n) is 5.28. The van der Waals surface area contributed by atoms with E-state index < -0.39 is 10.0 Å². The molecule has 1 aromatic heterocycles. The van der Waals surface area contributed by atoms with E-state index in [9.17, 15) is 8.42 Å². The van der Waals surface area contributed by atoms with Gasteiger partial charge in [0.2, 0.25) is 0 Å². The van der Waals surface area contributed by atoms with E-state index in [0.717, 1.165) is 38.2 Å². The molecule has 8 heteroatoms. The number of hydrogen-bond acceptors (Lipinski definition) is 5. The molecule has 27 heavy (non-hydrogen) atoms. The predicted molar refractivity (Wildman–Crippen MR) is 103 cm³/mol. The van der Waals surface area contributed by atoms with Crippen molar-refractivity contribution < 1.29 is 13.2 Å². The second-order valence-corrected chi connectivity index (χ2v) is 10.6. The molecule has 152 valence electrons. The molecule has 4 rings (SSSR count). The van der Waals surface area contributed by atoms with Crippen molar-refractivity contribution >= 4 is 10.0 Å². The lowest BCUT2D eigenvalue weighted by atomic mass is 9.77. The average molecular weight is 397 g/mol. The predicted octanol–water partition coefficient (Wildman–Crippen LogP) is 1.77. The topological polar surface area (TPSA) is 67.7 Å². The van der Waals surface area contributed by atoms with Crippen LogP contribution in [0, 0.1) is 12.3 Å². The zero-order valence-electron chi connectivity index (χ0n) is 16.7. The lowest BCUT2D eigenvalue weighted by Crippen LogP contribution is -2.47. The molecule has 2 atom stereocenters. The Morgan fingerprint density at radius 1 is 1.22 bits per heavy atom. The molecule has 2 saturated heterocycles. The van der Waals surface area contributed by atoms with E-state index in [2.05, 4.69) is 16.9 Å². The fourth-order valence-corrected chi connectivity index (χ4v) is 6.90. The van der Waals surface area contributed by atoms with Crippen molar-refractivity contribution in [3.8, 4) is 0 Å². The lowest BCUT2D eigenvalue weighted by Gasteiger charge is -2.40. The molecule has 0 aromatic carbocycles. The monoisotopic (exact) mass is 396 g/mol. The number of morpholine rings is 1. The zero-order chi connectivity index (χ0) is 19.2. The highest BCUT2D eigenvalue weighted by molar-refractivity contribution is 7.89. The standard InChI is InChI=1S/C19H32N4O3S/c1-15-12-18(21(3)20-15)27(24,25)23-8-6-19(7-9-23)5-4-17(13-19)22-10-11-26-16(2)14-22/h12,16-17H,4-11,13-14H2,1-3H3/t16-,17?/m1/s1. The maximum absolute atomic E-state index is 13.0. The average Bonchev–Trinajstić information content (AvgIpc) is 3.19. The van der Waals surface area contributed by atoms with Crippen LogP contribution in [-0.2, 0) is 21.8 Å². The first-order valence-corrected chi connectivity index (χ1v) is 11.6. The van der Waals surface area contributed by atoms with Crippen molar-refractivity contribution in [3.63, 3.8) is 0 Å². The number of aromatic nitrogens is 2. The molecule has 0 radical (unpaired) electrons. The number of piperidine rings is 1. The normalized spacial score (nSPS) is 30.2. The first-order chi connectivity index (χ1) is 12.8. The van der Waals surface area contributed by atoms with Gasteiger partial charge in [-0.3, -0.25) is 9.58 Å². The molecule has 3 fully saturated rings. The third-order valence-electron chi connectivity index (χ3n) is 6.81. The summed E-state index contributed by atoms with van der Waals surface area (Å²) in [6, 6.07) is 2.31. The highest BCUT2D eigenvalue weighted by Gasteiger charge is 2.45. The van der Waals surface area contributed by atoms with E-state index in [0.29, 0.717) is 35.7 Å². The van der Waals surface area contributed by atoms with Gasteiger partial charge in [-0.15, -0.1) is 0 Å². The highest BCUT2D eigenvalue weighted by atomic mass is 32.2. The summed E-state index contributed by atoms with van der Waals surface area (Å²) < 4.78 is 34.9. The van der Waals surface area contributed by atoms with Crippen LogP contribution in [0.4, 0.5) is 0 Å².